The van der Waals surface area contributed by atoms with Gasteiger partial charge in [0.25, 0.3) is 0 Å². The van der Waals surface area contributed by atoms with Crippen LogP contribution in [-0.2, 0) is 10.0 Å². The van der Waals surface area contributed by atoms with Crippen molar-refractivity contribution < 1.29 is 22.0 Å². The Morgan fingerprint density at radius 1 is 1.15 bits per heavy atom. The van der Waals surface area contributed by atoms with Crippen molar-refractivity contribution in [1.82, 2.24) is 20.2 Å². The number of nitrogens with zero attached hydrogens (tertiary/aromatic N) is 3. The van der Waals surface area contributed by atoms with Crippen molar-refractivity contribution in [3.63, 3.8) is 0 Å². The van der Waals surface area contributed by atoms with Crippen molar-refractivity contribution in [1.29, 1.82) is 0 Å². The van der Waals surface area contributed by atoms with Crippen LogP contribution in [0.4, 0.5) is 14.5 Å². The Morgan fingerprint density at radius 3 is 2.64 bits per heavy atom. The van der Waals surface area contributed by atoms with Crippen LogP contribution in [0.25, 0.3) is 22.4 Å². The Bertz CT molecular complexity index is 1480. The Kier molecular flexibility index (Phi) is 6.09. The van der Waals surface area contributed by atoms with E-state index in [0.717, 1.165) is 0 Å². The average molecular weight is 492 g/mol. The second-order valence-electron chi connectivity index (χ2n) is 7.08. The topological polar surface area (TPSA) is 118 Å². The number of aromatic amines is 1. The van der Waals surface area contributed by atoms with Gasteiger partial charge in [-0.15, -0.1) is 0 Å². The standard InChI is InChI=1S/C21H16ClF2N5O3S/c1-2-7-33(31,32)29-16-9-12(23)20(24)18(19(16)22)21(30)11-3-4-13-15(8-11)27-17(10-25-13)14-5-6-26-28-14/h3-6,8-10,29H,2,7H2,1H3,(H,26,28). The molecular formula is C21H16ClF2N5O3S. The zero-order valence-electron chi connectivity index (χ0n) is 17.1. The molecule has 0 aliphatic heterocycles. The maximum absolute atomic E-state index is 14.6. The van der Waals surface area contributed by atoms with E-state index < -0.39 is 43.7 Å². The first kappa shape index (κ1) is 22.7. The summed E-state index contributed by atoms with van der Waals surface area (Å²) in [7, 11) is -3.86. The number of rotatable bonds is 7. The van der Waals surface area contributed by atoms with Crippen LogP contribution >= 0.6 is 11.6 Å². The highest BCUT2D eigenvalue weighted by Gasteiger charge is 2.26. The number of aromatic nitrogens is 4. The molecule has 0 spiro atoms. The molecule has 0 fully saturated rings. The van der Waals surface area contributed by atoms with Gasteiger partial charge < -0.3 is 0 Å². The van der Waals surface area contributed by atoms with Crippen LogP contribution in [0.2, 0.25) is 5.02 Å². The summed E-state index contributed by atoms with van der Waals surface area (Å²) in [6.07, 6.45) is 3.42. The van der Waals surface area contributed by atoms with Gasteiger partial charge in [-0.05, 0) is 30.7 Å². The molecule has 170 valence electrons. The van der Waals surface area contributed by atoms with Gasteiger partial charge in [-0.2, -0.15) is 5.10 Å². The number of carbonyl (C=O) groups excluding carboxylic acids is 1. The second-order valence-corrected chi connectivity index (χ2v) is 9.30. The summed E-state index contributed by atoms with van der Waals surface area (Å²) in [4.78, 5) is 21.8. The third kappa shape index (κ3) is 4.55. The highest BCUT2D eigenvalue weighted by Crippen LogP contribution is 2.33. The van der Waals surface area contributed by atoms with E-state index in [4.69, 9.17) is 11.6 Å². The maximum atomic E-state index is 14.6. The number of nitrogens with one attached hydrogen (secondary N) is 2. The van der Waals surface area contributed by atoms with E-state index in [0.29, 0.717) is 34.9 Å². The number of ketones is 1. The zero-order chi connectivity index (χ0) is 23.8. The summed E-state index contributed by atoms with van der Waals surface area (Å²) < 4.78 is 55.2. The molecule has 8 nitrogen and oxygen atoms in total. The zero-order valence-corrected chi connectivity index (χ0v) is 18.6. The van der Waals surface area contributed by atoms with Crippen molar-refractivity contribution in [2.75, 3.05) is 10.5 Å². The number of fused-ring (bicyclic) bond motifs is 1. The van der Waals surface area contributed by atoms with E-state index in [9.17, 15) is 22.0 Å². The average Bonchev–Trinajstić information content (AvgIpc) is 3.31. The Balaban J connectivity index is 1.78. The largest absolute Gasteiger partial charge is 0.288 e. The predicted octanol–water partition coefficient (Wildman–Crippen LogP) is 4.33. The van der Waals surface area contributed by atoms with Crippen molar-refractivity contribution in [2.24, 2.45) is 0 Å². The Labute approximate surface area is 192 Å². The van der Waals surface area contributed by atoms with Crippen LogP contribution in [0, 0.1) is 11.6 Å². The van der Waals surface area contributed by atoms with Gasteiger partial charge in [0.05, 0.1) is 39.3 Å². The number of halogens is 3. The monoisotopic (exact) mass is 491 g/mol. The molecule has 33 heavy (non-hydrogen) atoms. The lowest BCUT2D eigenvalue weighted by Gasteiger charge is -2.13. The van der Waals surface area contributed by atoms with E-state index in [1.807, 2.05) is 0 Å². The number of carbonyl (C=O) groups is 1. The molecule has 0 unspecified atom stereocenters. The van der Waals surface area contributed by atoms with Gasteiger partial charge in [0.2, 0.25) is 10.0 Å². The smallest absolute Gasteiger partial charge is 0.232 e. The van der Waals surface area contributed by atoms with Crippen molar-refractivity contribution in [3.05, 3.63) is 70.5 Å². The maximum Gasteiger partial charge on any atom is 0.232 e. The number of hydrogen-bond acceptors (Lipinski definition) is 6. The highest BCUT2D eigenvalue weighted by molar-refractivity contribution is 7.92. The molecule has 0 atom stereocenters. The van der Waals surface area contributed by atoms with Gasteiger partial charge in [-0.3, -0.25) is 19.6 Å². The fourth-order valence-corrected chi connectivity index (χ4v) is 4.65. The summed E-state index contributed by atoms with van der Waals surface area (Å²) in [6, 6.07) is 6.52. The summed E-state index contributed by atoms with van der Waals surface area (Å²) in [5, 5.41) is 6.14. The summed E-state index contributed by atoms with van der Waals surface area (Å²) >= 11 is 6.15. The van der Waals surface area contributed by atoms with Crippen LogP contribution in [-0.4, -0.2) is 40.1 Å². The number of H-pyrrole nitrogens is 1. The molecule has 0 aliphatic carbocycles. The van der Waals surface area contributed by atoms with Crippen LogP contribution in [0.5, 0.6) is 0 Å². The fraction of sp³-hybridized carbons (Fsp3) is 0.143. The minimum absolute atomic E-state index is 0.0373. The second kappa shape index (κ2) is 8.83. The molecule has 0 radical (unpaired) electrons. The van der Waals surface area contributed by atoms with Gasteiger partial charge in [0.1, 0.15) is 11.4 Å². The Morgan fingerprint density at radius 2 is 1.94 bits per heavy atom. The molecule has 2 N–H and O–H groups in total. The molecular weight excluding hydrogens is 476 g/mol. The van der Waals surface area contributed by atoms with Gasteiger partial charge in [-0.1, -0.05) is 18.5 Å². The lowest BCUT2D eigenvalue weighted by molar-refractivity contribution is 0.103. The highest BCUT2D eigenvalue weighted by atomic mass is 35.5. The number of sulfonamides is 1. The predicted molar refractivity (Wildman–Crippen MR) is 120 cm³/mol. The lowest BCUT2D eigenvalue weighted by atomic mass is 10.0. The molecule has 2 heterocycles. The minimum atomic E-state index is -3.86. The molecule has 2 aromatic heterocycles. The summed E-state index contributed by atoms with van der Waals surface area (Å²) in [6.45, 7) is 1.64. The normalized spacial score (nSPS) is 11.6. The first-order valence-electron chi connectivity index (χ1n) is 9.70. The SMILES string of the molecule is CCCS(=O)(=O)Nc1cc(F)c(F)c(C(=O)c2ccc3ncc(-c4cc[nH]n4)nc3c2)c1Cl. The van der Waals surface area contributed by atoms with Crippen molar-refractivity contribution >= 4 is 44.1 Å². The van der Waals surface area contributed by atoms with Crippen LogP contribution in [0.1, 0.15) is 29.3 Å². The molecule has 4 rings (SSSR count). The molecule has 2 aromatic carbocycles. The van der Waals surface area contributed by atoms with E-state index in [-0.39, 0.29) is 11.3 Å². The third-order valence-electron chi connectivity index (χ3n) is 4.69. The molecule has 0 amide bonds. The van der Waals surface area contributed by atoms with Crippen LogP contribution < -0.4 is 4.72 Å². The van der Waals surface area contributed by atoms with Crippen molar-refractivity contribution in [3.8, 4) is 11.4 Å². The van der Waals surface area contributed by atoms with Gasteiger partial charge in [0.15, 0.2) is 17.4 Å². The number of benzene rings is 2. The molecule has 12 heteroatoms. The lowest BCUT2D eigenvalue weighted by Crippen LogP contribution is -2.18. The van der Waals surface area contributed by atoms with E-state index in [1.165, 1.54) is 24.4 Å². The van der Waals surface area contributed by atoms with E-state index in [2.05, 4.69) is 24.9 Å². The van der Waals surface area contributed by atoms with Gasteiger partial charge >= 0.3 is 0 Å². The number of hydrogen-bond donors (Lipinski definition) is 2. The van der Waals surface area contributed by atoms with Crippen LogP contribution in [0.15, 0.2) is 42.7 Å². The van der Waals surface area contributed by atoms with Gasteiger partial charge in [0, 0.05) is 17.8 Å². The first-order valence-corrected chi connectivity index (χ1v) is 11.7. The number of anilines is 1. The quantitative estimate of drug-likeness (QED) is 0.293. The Hall–Kier alpha value is -3.44. The molecule has 0 saturated heterocycles. The summed E-state index contributed by atoms with van der Waals surface area (Å²) in [5.41, 5.74) is 0.503. The first-order chi connectivity index (χ1) is 15.7. The molecule has 4 aromatic rings. The van der Waals surface area contributed by atoms with E-state index in [1.54, 1.807) is 19.2 Å². The third-order valence-corrected chi connectivity index (χ3v) is 6.56. The molecule has 0 bridgehead atoms. The van der Waals surface area contributed by atoms with E-state index >= 15 is 0 Å². The molecule has 0 saturated carbocycles. The van der Waals surface area contributed by atoms with Crippen molar-refractivity contribution in [2.45, 2.75) is 13.3 Å². The fourth-order valence-electron chi connectivity index (χ4n) is 3.19. The molecule has 0 aliphatic rings. The summed E-state index contributed by atoms with van der Waals surface area (Å²) in [5.74, 6) is -4.10. The minimum Gasteiger partial charge on any atom is -0.288 e. The van der Waals surface area contributed by atoms with Gasteiger partial charge in [-0.25, -0.2) is 22.2 Å². The van der Waals surface area contributed by atoms with Crippen LogP contribution in [0.3, 0.4) is 0 Å².